The summed E-state index contributed by atoms with van der Waals surface area (Å²) in [5.74, 6) is 0.861. The molecule has 0 amide bonds. The second-order valence-corrected chi connectivity index (χ2v) is 8.28. The van der Waals surface area contributed by atoms with Crippen LogP contribution in [0.5, 0.6) is 0 Å². The molecule has 5 heteroatoms. The van der Waals surface area contributed by atoms with Gasteiger partial charge in [-0.2, -0.15) is 0 Å². The van der Waals surface area contributed by atoms with Gasteiger partial charge in [0, 0.05) is 17.2 Å². The summed E-state index contributed by atoms with van der Waals surface area (Å²) >= 11 is 1.59. The van der Waals surface area contributed by atoms with E-state index in [-0.39, 0.29) is 11.0 Å². The lowest BCUT2D eigenvalue weighted by Crippen LogP contribution is -2.18. The molecule has 0 unspecified atom stereocenters. The molecule has 102 valence electrons. The minimum atomic E-state index is -2.92. The fourth-order valence-corrected chi connectivity index (χ4v) is 3.72. The van der Waals surface area contributed by atoms with E-state index < -0.39 is 9.84 Å². The topological polar surface area (TPSA) is 46.2 Å². The maximum Gasteiger partial charge on any atom is 0.153 e. The van der Waals surface area contributed by atoms with Gasteiger partial charge in [0.15, 0.2) is 9.84 Å². The van der Waals surface area contributed by atoms with Crippen LogP contribution in [0.15, 0.2) is 29.2 Å². The van der Waals surface area contributed by atoms with Crippen LogP contribution in [0.2, 0.25) is 0 Å². The lowest BCUT2D eigenvalue weighted by molar-refractivity contribution is 0.589. The zero-order valence-corrected chi connectivity index (χ0v) is 12.8. The average molecular weight is 287 g/mol. The molecule has 3 nitrogen and oxygen atoms in total. The van der Waals surface area contributed by atoms with Gasteiger partial charge in [-0.1, -0.05) is 12.1 Å². The first-order valence-electron chi connectivity index (χ1n) is 6.03. The summed E-state index contributed by atoms with van der Waals surface area (Å²) in [5, 5.41) is 2.81. The minimum Gasteiger partial charge on any atom is -0.316 e. The predicted molar refractivity (Wildman–Crippen MR) is 78.9 cm³/mol. The molecule has 0 aromatic heterocycles. The molecule has 0 atom stereocenters. The third-order valence-electron chi connectivity index (χ3n) is 2.66. The molecule has 0 saturated carbocycles. The van der Waals surface area contributed by atoms with Crippen molar-refractivity contribution in [2.75, 3.05) is 18.6 Å². The minimum absolute atomic E-state index is 0.244. The molecule has 1 rings (SSSR count). The van der Waals surface area contributed by atoms with Crippen molar-refractivity contribution in [3.05, 3.63) is 29.8 Å². The van der Waals surface area contributed by atoms with Crippen LogP contribution in [0.3, 0.4) is 0 Å². The first kappa shape index (κ1) is 15.5. The van der Waals surface area contributed by atoms with E-state index in [1.54, 1.807) is 25.6 Å². The first-order valence-corrected chi connectivity index (χ1v) is 8.73. The quantitative estimate of drug-likeness (QED) is 0.782. The van der Waals surface area contributed by atoms with Crippen molar-refractivity contribution in [3.63, 3.8) is 0 Å². The Balaban J connectivity index is 2.45. The molecule has 0 heterocycles. The van der Waals surface area contributed by atoms with E-state index in [1.807, 2.05) is 19.2 Å². The molecule has 0 spiro atoms. The van der Waals surface area contributed by atoms with Crippen molar-refractivity contribution < 1.29 is 8.42 Å². The van der Waals surface area contributed by atoms with Gasteiger partial charge in [0.25, 0.3) is 0 Å². The van der Waals surface area contributed by atoms with Crippen molar-refractivity contribution in [2.24, 2.45) is 0 Å². The summed E-state index contributed by atoms with van der Waals surface area (Å²) in [6, 6.07) is 8.21. The highest BCUT2D eigenvalue weighted by atomic mass is 32.2. The number of rotatable bonds is 7. The Labute approximate surface area is 114 Å². The van der Waals surface area contributed by atoms with Gasteiger partial charge in [-0.25, -0.2) is 8.42 Å². The van der Waals surface area contributed by atoms with E-state index in [0.717, 1.165) is 11.4 Å². The first-order chi connectivity index (χ1) is 8.45. The standard InChI is InChI=1S/C13H21NO2S2/c1-11(2)18(15,16)9-8-17-13-6-4-12(5-7-13)10-14-3/h4-7,11,14H,8-10H2,1-3H3. The summed E-state index contributed by atoms with van der Waals surface area (Å²) in [7, 11) is -1.000. The van der Waals surface area contributed by atoms with E-state index in [2.05, 4.69) is 17.4 Å². The van der Waals surface area contributed by atoms with Gasteiger partial charge in [0.1, 0.15) is 0 Å². The van der Waals surface area contributed by atoms with Crippen molar-refractivity contribution in [2.45, 2.75) is 30.5 Å². The van der Waals surface area contributed by atoms with Crippen molar-refractivity contribution in [1.82, 2.24) is 5.32 Å². The van der Waals surface area contributed by atoms with Gasteiger partial charge in [0.2, 0.25) is 0 Å². The van der Waals surface area contributed by atoms with Gasteiger partial charge >= 0.3 is 0 Å². The predicted octanol–water partition coefficient (Wildman–Crippen LogP) is 2.32. The Morgan fingerprint density at radius 3 is 2.33 bits per heavy atom. The molecule has 0 aliphatic heterocycles. The van der Waals surface area contributed by atoms with Crippen molar-refractivity contribution in [1.29, 1.82) is 0 Å². The Kier molecular flexibility index (Phi) is 6.18. The summed E-state index contributed by atoms with van der Waals surface area (Å²) < 4.78 is 23.3. The highest BCUT2D eigenvalue weighted by Gasteiger charge is 2.15. The SMILES string of the molecule is CNCc1ccc(SCCS(=O)(=O)C(C)C)cc1. The fourth-order valence-electron chi connectivity index (χ4n) is 1.42. The van der Waals surface area contributed by atoms with E-state index in [9.17, 15) is 8.42 Å². The maximum absolute atomic E-state index is 11.6. The van der Waals surface area contributed by atoms with Gasteiger partial charge < -0.3 is 5.32 Å². The Morgan fingerprint density at radius 1 is 1.22 bits per heavy atom. The Bertz CT molecular complexity index is 452. The molecule has 1 aromatic rings. The van der Waals surface area contributed by atoms with E-state index in [4.69, 9.17) is 0 Å². The van der Waals surface area contributed by atoms with Crippen LogP contribution in [0, 0.1) is 0 Å². The van der Waals surface area contributed by atoms with Crippen LogP contribution in [-0.2, 0) is 16.4 Å². The second-order valence-electron chi connectivity index (χ2n) is 4.44. The van der Waals surface area contributed by atoms with Crippen LogP contribution < -0.4 is 5.32 Å². The number of nitrogens with one attached hydrogen (secondary N) is 1. The smallest absolute Gasteiger partial charge is 0.153 e. The van der Waals surface area contributed by atoms with Crippen LogP contribution in [0.25, 0.3) is 0 Å². The molecule has 1 aromatic carbocycles. The normalized spacial score (nSPS) is 12.0. The van der Waals surface area contributed by atoms with Gasteiger partial charge in [-0.3, -0.25) is 0 Å². The molecule has 0 saturated heterocycles. The zero-order valence-electron chi connectivity index (χ0n) is 11.1. The number of hydrogen-bond donors (Lipinski definition) is 1. The molecular weight excluding hydrogens is 266 g/mol. The summed E-state index contributed by atoms with van der Waals surface area (Å²) in [5.41, 5.74) is 1.23. The fraction of sp³-hybridized carbons (Fsp3) is 0.538. The average Bonchev–Trinajstić information content (AvgIpc) is 2.31. The molecule has 0 radical (unpaired) electrons. The summed E-state index contributed by atoms with van der Waals surface area (Å²) in [4.78, 5) is 1.12. The monoisotopic (exact) mass is 287 g/mol. The number of hydrogen-bond acceptors (Lipinski definition) is 4. The Morgan fingerprint density at radius 2 is 1.83 bits per heavy atom. The number of thioether (sulfide) groups is 1. The van der Waals surface area contributed by atoms with E-state index >= 15 is 0 Å². The van der Waals surface area contributed by atoms with Crippen LogP contribution in [0.4, 0.5) is 0 Å². The lowest BCUT2D eigenvalue weighted by atomic mass is 10.2. The Hall–Kier alpha value is -0.520. The summed E-state index contributed by atoms with van der Waals surface area (Å²) in [6.45, 7) is 4.31. The molecule has 1 N–H and O–H groups in total. The third kappa shape index (κ3) is 5.00. The molecule has 18 heavy (non-hydrogen) atoms. The highest BCUT2D eigenvalue weighted by molar-refractivity contribution is 8.00. The van der Waals surface area contributed by atoms with Crippen LogP contribution in [-0.4, -0.2) is 32.2 Å². The van der Waals surface area contributed by atoms with Crippen molar-refractivity contribution in [3.8, 4) is 0 Å². The van der Waals surface area contributed by atoms with Crippen LogP contribution >= 0.6 is 11.8 Å². The van der Waals surface area contributed by atoms with Crippen LogP contribution in [0.1, 0.15) is 19.4 Å². The molecule has 0 bridgehead atoms. The van der Waals surface area contributed by atoms with E-state index in [0.29, 0.717) is 5.75 Å². The highest BCUT2D eigenvalue weighted by Crippen LogP contribution is 2.19. The third-order valence-corrected chi connectivity index (χ3v) is 6.14. The molecule has 0 aliphatic rings. The lowest BCUT2D eigenvalue weighted by Gasteiger charge is -2.07. The molecular formula is C13H21NO2S2. The van der Waals surface area contributed by atoms with E-state index in [1.165, 1.54) is 5.56 Å². The number of sulfone groups is 1. The maximum atomic E-state index is 11.6. The number of benzene rings is 1. The van der Waals surface area contributed by atoms with Gasteiger partial charge in [-0.15, -0.1) is 11.8 Å². The second kappa shape index (κ2) is 7.16. The largest absolute Gasteiger partial charge is 0.316 e. The van der Waals surface area contributed by atoms with Gasteiger partial charge in [-0.05, 0) is 38.6 Å². The zero-order chi connectivity index (χ0) is 13.6. The van der Waals surface area contributed by atoms with Crippen molar-refractivity contribution >= 4 is 21.6 Å². The van der Waals surface area contributed by atoms with Gasteiger partial charge in [0.05, 0.1) is 11.0 Å². The molecule has 0 fully saturated rings. The summed E-state index contributed by atoms with van der Waals surface area (Å²) in [6.07, 6.45) is 0. The molecule has 0 aliphatic carbocycles.